The number of carbonyl (C=O) groups is 1. The molecule has 0 fully saturated rings. The smallest absolute Gasteiger partial charge is 0.416 e. The number of hydrogen-bond donors (Lipinski definition) is 1. The summed E-state index contributed by atoms with van der Waals surface area (Å²) in [5.41, 5.74) is 1.88. The van der Waals surface area contributed by atoms with Crippen LogP contribution in [0.2, 0.25) is 0 Å². The number of anilines is 1. The maximum Gasteiger partial charge on any atom is 0.416 e. The zero-order chi connectivity index (χ0) is 27.3. The molecule has 0 aliphatic heterocycles. The monoisotopic (exact) mass is 522 g/mol. The first-order chi connectivity index (χ1) is 18.2. The second-order valence-corrected chi connectivity index (χ2v) is 9.32. The Labute approximate surface area is 219 Å². The summed E-state index contributed by atoms with van der Waals surface area (Å²) in [6.07, 6.45) is -3.78. The highest BCUT2D eigenvalue weighted by Gasteiger charge is 2.30. The fraction of sp³-hybridized carbons (Fsp3) is 0.276. The largest absolute Gasteiger partial charge is 0.462 e. The molecular weight excluding hydrogens is 493 g/mol. The van der Waals surface area contributed by atoms with E-state index < -0.39 is 11.7 Å². The van der Waals surface area contributed by atoms with Gasteiger partial charge in [0.25, 0.3) is 0 Å². The van der Waals surface area contributed by atoms with Crippen LogP contribution in [0.5, 0.6) is 6.01 Å². The van der Waals surface area contributed by atoms with Crippen molar-refractivity contribution >= 4 is 11.6 Å². The lowest BCUT2D eigenvalue weighted by molar-refractivity contribution is -0.137. The maximum atomic E-state index is 13.1. The van der Waals surface area contributed by atoms with Crippen LogP contribution in [0.1, 0.15) is 44.2 Å². The molecule has 9 heteroatoms. The molecule has 6 nitrogen and oxygen atoms in total. The summed E-state index contributed by atoms with van der Waals surface area (Å²) < 4.78 is 46.4. The molecule has 0 spiro atoms. The molecule has 0 aliphatic carbocycles. The molecule has 3 aromatic carbocycles. The fourth-order valence-electron chi connectivity index (χ4n) is 3.94. The first-order valence-corrected chi connectivity index (χ1v) is 12.4. The molecule has 0 unspecified atom stereocenters. The number of nitrogens with one attached hydrogen (secondary N) is 1. The molecule has 0 bridgehead atoms. The lowest BCUT2D eigenvalue weighted by Crippen LogP contribution is -2.20. The molecule has 198 valence electrons. The van der Waals surface area contributed by atoms with E-state index >= 15 is 0 Å². The lowest BCUT2D eigenvalue weighted by atomic mass is 9.95. The van der Waals surface area contributed by atoms with Crippen molar-refractivity contribution in [2.75, 3.05) is 11.9 Å². The predicted molar refractivity (Wildman–Crippen MR) is 140 cm³/mol. The highest BCUT2D eigenvalue weighted by atomic mass is 19.4. The van der Waals surface area contributed by atoms with Crippen LogP contribution >= 0.6 is 0 Å². The van der Waals surface area contributed by atoms with Crippen LogP contribution in [0.4, 0.5) is 18.9 Å². The molecular formula is C29H29F3N4O2. The number of rotatable bonds is 9. The summed E-state index contributed by atoms with van der Waals surface area (Å²) in [6, 6.07) is 21.5. The van der Waals surface area contributed by atoms with Crippen molar-refractivity contribution < 1.29 is 22.7 Å². The minimum absolute atomic E-state index is 0.109. The Morgan fingerprint density at radius 2 is 1.63 bits per heavy atom. The van der Waals surface area contributed by atoms with Crippen molar-refractivity contribution in [2.24, 2.45) is 5.92 Å². The zero-order valence-electron chi connectivity index (χ0n) is 21.4. The SMILES string of the molecule is CC[C@@H](C(=O)Nc1ccc(-n2nc(OCC(C)C)nc2-c2ccc(C(F)(F)F)cc2)cc1)c1ccccc1. The third-order valence-corrected chi connectivity index (χ3v) is 5.91. The van der Waals surface area contributed by atoms with Gasteiger partial charge in [0.1, 0.15) is 0 Å². The average Bonchev–Trinajstić information content (AvgIpc) is 3.33. The van der Waals surface area contributed by atoms with Gasteiger partial charge < -0.3 is 10.1 Å². The van der Waals surface area contributed by atoms with Gasteiger partial charge in [0.2, 0.25) is 5.91 Å². The zero-order valence-corrected chi connectivity index (χ0v) is 21.4. The van der Waals surface area contributed by atoms with Gasteiger partial charge in [-0.2, -0.15) is 18.2 Å². The van der Waals surface area contributed by atoms with Crippen LogP contribution < -0.4 is 10.1 Å². The minimum atomic E-state index is -4.44. The van der Waals surface area contributed by atoms with E-state index in [0.29, 0.717) is 35.8 Å². The first-order valence-electron chi connectivity index (χ1n) is 12.4. The van der Waals surface area contributed by atoms with Gasteiger partial charge in [0.15, 0.2) is 5.82 Å². The molecule has 1 amide bonds. The van der Waals surface area contributed by atoms with Gasteiger partial charge >= 0.3 is 12.2 Å². The maximum absolute atomic E-state index is 13.1. The Bertz CT molecular complexity index is 1350. The number of ether oxygens (including phenoxy) is 1. The van der Waals surface area contributed by atoms with Gasteiger partial charge in [-0.25, -0.2) is 4.68 Å². The molecule has 0 saturated carbocycles. The number of hydrogen-bond acceptors (Lipinski definition) is 4. The topological polar surface area (TPSA) is 69.0 Å². The Morgan fingerprint density at radius 1 is 0.974 bits per heavy atom. The van der Waals surface area contributed by atoms with Crippen LogP contribution in [0.25, 0.3) is 17.1 Å². The highest BCUT2D eigenvalue weighted by molar-refractivity contribution is 5.95. The van der Waals surface area contributed by atoms with Crippen LogP contribution in [0.3, 0.4) is 0 Å². The molecule has 38 heavy (non-hydrogen) atoms. The van der Waals surface area contributed by atoms with Crippen molar-refractivity contribution in [1.82, 2.24) is 14.8 Å². The average molecular weight is 523 g/mol. The van der Waals surface area contributed by atoms with E-state index in [1.165, 1.54) is 16.8 Å². The molecule has 4 aromatic rings. The summed E-state index contributed by atoms with van der Waals surface area (Å²) in [5, 5.41) is 7.40. The van der Waals surface area contributed by atoms with Crippen molar-refractivity contribution in [2.45, 2.75) is 39.3 Å². The molecule has 1 heterocycles. The number of nitrogens with zero attached hydrogens (tertiary/aromatic N) is 3. The second kappa shape index (κ2) is 11.5. The van der Waals surface area contributed by atoms with Crippen LogP contribution in [-0.4, -0.2) is 27.3 Å². The van der Waals surface area contributed by atoms with Crippen molar-refractivity contribution in [1.29, 1.82) is 0 Å². The van der Waals surface area contributed by atoms with E-state index in [9.17, 15) is 18.0 Å². The normalized spacial score (nSPS) is 12.4. The molecule has 1 aromatic heterocycles. The third-order valence-electron chi connectivity index (χ3n) is 5.91. The Morgan fingerprint density at radius 3 is 2.21 bits per heavy atom. The predicted octanol–water partition coefficient (Wildman–Crippen LogP) is 7.12. The third kappa shape index (κ3) is 6.40. The number of amides is 1. The van der Waals surface area contributed by atoms with Crippen LogP contribution in [0.15, 0.2) is 78.9 Å². The fourth-order valence-corrected chi connectivity index (χ4v) is 3.94. The number of aromatic nitrogens is 3. The summed E-state index contributed by atoms with van der Waals surface area (Å²) in [4.78, 5) is 17.4. The standard InChI is InChI=1S/C29H29F3N4O2/c1-4-25(20-8-6-5-7-9-20)27(37)33-23-14-16-24(17-15-23)36-26(34-28(35-36)38-18-19(2)3)21-10-12-22(13-11-21)29(30,31)32/h5-17,19,25H,4,18H2,1-3H3,(H,33,37)/t25-/m1/s1. The van der Waals surface area contributed by atoms with Gasteiger partial charge in [-0.3, -0.25) is 4.79 Å². The number of carbonyl (C=O) groups excluding carboxylic acids is 1. The summed E-state index contributed by atoms with van der Waals surface area (Å²) in [6.45, 7) is 6.33. The van der Waals surface area contributed by atoms with Gasteiger partial charge in [-0.05, 0) is 54.3 Å². The number of alkyl halides is 3. The van der Waals surface area contributed by atoms with Crippen LogP contribution in [0, 0.1) is 5.92 Å². The van der Waals surface area contributed by atoms with E-state index in [4.69, 9.17) is 4.74 Å². The minimum Gasteiger partial charge on any atom is -0.462 e. The number of benzene rings is 3. The lowest BCUT2D eigenvalue weighted by Gasteiger charge is -2.15. The van der Waals surface area contributed by atoms with E-state index in [2.05, 4.69) is 15.4 Å². The summed E-state index contributed by atoms with van der Waals surface area (Å²) in [5.74, 6) is 0.187. The molecule has 4 rings (SSSR count). The van der Waals surface area contributed by atoms with E-state index in [0.717, 1.165) is 17.7 Å². The van der Waals surface area contributed by atoms with Crippen molar-refractivity contribution in [3.05, 3.63) is 90.0 Å². The molecule has 0 radical (unpaired) electrons. The quantitative estimate of drug-likeness (QED) is 0.254. The van der Waals surface area contributed by atoms with Gasteiger partial charge in [0.05, 0.1) is 23.8 Å². The molecule has 0 saturated heterocycles. The first kappa shape index (κ1) is 26.9. The van der Waals surface area contributed by atoms with E-state index in [-0.39, 0.29) is 23.8 Å². The summed E-state index contributed by atoms with van der Waals surface area (Å²) in [7, 11) is 0. The Hall–Kier alpha value is -4.14. The van der Waals surface area contributed by atoms with E-state index in [1.54, 1.807) is 24.3 Å². The Balaban J connectivity index is 1.60. The molecule has 1 N–H and O–H groups in total. The van der Waals surface area contributed by atoms with E-state index in [1.807, 2.05) is 51.1 Å². The van der Waals surface area contributed by atoms with Gasteiger partial charge in [-0.15, -0.1) is 5.10 Å². The highest BCUT2D eigenvalue weighted by Crippen LogP contribution is 2.32. The molecule has 0 aliphatic rings. The van der Waals surface area contributed by atoms with Gasteiger partial charge in [0, 0.05) is 11.3 Å². The second-order valence-electron chi connectivity index (χ2n) is 9.32. The van der Waals surface area contributed by atoms with Crippen LogP contribution in [-0.2, 0) is 11.0 Å². The number of halogens is 3. The van der Waals surface area contributed by atoms with Gasteiger partial charge in [-0.1, -0.05) is 63.2 Å². The molecule has 1 atom stereocenters. The van der Waals surface area contributed by atoms with Crippen molar-refractivity contribution in [3.63, 3.8) is 0 Å². The van der Waals surface area contributed by atoms with Crippen molar-refractivity contribution in [3.8, 4) is 23.1 Å². The summed E-state index contributed by atoms with van der Waals surface area (Å²) >= 11 is 0. The Kier molecular flexibility index (Phi) is 8.14.